The Balaban J connectivity index is 1.25. The zero-order valence-corrected chi connectivity index (χ0v) is 43.0. The number of unbranched alkanes of at least 4 members (excludes halogenated alkanes) is 18. The molecule has 0 amide bonds. The molecule has 0 unspecified atom stereocenters. The lowest BCUT2D eigenvalue weighted by atomic mass is 10.0. The third-order valence-corrected chi connectivity index (χ3v) is 13.7. The van der Waals surface area contributed by atoms with E-state index in [-0.39, 0.29) is 0 Å². The molecule has 0 fully saturated rings. The van der Waals surface area contributed by atoms with Crippen LogP contribution in [-0.2, 0) is 0 Å². The summed E-state index contributed by atoms with van der Waals surface area (Å²) in [5.41, 5.74) is 15.7. The van der Waals surface area contributed by atoms with E-state index in [0.29, 0.717) is 13.2 Å². The predicted octanol–water partition coefficient (Wildman–Crippen LogP) is 17.2. The van der Waals surface area contributed by atoms with Crippen LogP contribution in [0.5, 0.6) is 11.5 Å². The van der Waals surface area contributed by atoms with Crippen molar-refractivity contribution in [3.63, 3.8) is 0 Å². The minimum atomic E-state index is -1.77. The molecule has 68 heavy (non-hydrogen) atoms. The van der Waals surface area contributed by atoms with Gasteiger partial charge in [0.25, 0.3) is 0 Å². The summed E-state index contributed by atoms with van der Waals surface area (Å²) in [5, 5.41) is 0. The van der Waals surface area contributed by atoms with Gasteiger partial charge in [0.2, 0.25) is 0 Å². The van der Waals surface area contributed by atoms with Gasteiger partial charge >= 0.3 is 0 Å². The number of nitrogens with zero attached hydrogens (tertiary/aromatic N) is 3. The molecule has 2 N–H and O–H groups in total. The second-order valence-corrected chi connectivity index (χ2v) is 24.6. The highest BCUT2D eigenvalue weighted by Gasteiger charge is 2.18. The lowest BCUT2D eigenvalue weighted by Crippen LogP contribution is -2.16. The Bertz CT molecular complexity index is 2630. The van der Waals surface area contributed by atoms with E-state index in [0.717, 1.165) is 97.0 Å². The monoisotopic (exact) mass is 928 g/mol. The van der Waals surface area contributed by atoms with Crippen LogP contribution >= 0.6 is 0 Å². The molecule has 7 nitrogen and oxygen atoms in total. The minimum Gasteiger partial charge on any atom is -0.493 e. The molecule has 6 heterocycles. The van der Waals surface area contributed by atoms with E-state index in [9.17, 15) is 0 Å². The highest BCUT2D eigenvalue weighted by molar-refractivity contribution is 6.83. The molecule has 1 aromatic carbocycles. The SMILES string of the molecule is CCCCCCCCCCCCOc1cc(OCCCCCCCCCCCC)cc(-c2c3nc(cc4ccc([nH]4)c(-c4ccncc4)c4nc(c(C#C[Si](C)(C)C)c5ccc2[nH]5)C=C4)C=C3)c1. The van der Waals surface area contributed by atoms with Gasteiger partial charge in [0.15, 0.2) is 0 Å². The Hall–Kier alpha value is -5.65. The fourth-order valence-electron chi connectivity index (χ4n) is 9.09. The van der Waals surface area contributed by atoms with Crippen molar-refractivity contribution in [1.82, 2.24) is 24.9 Å². The number of ether oxygens (including phenoxy) is 2. The number of nitrogens with one attached hydrogen (secondary N) is 2. The zero-order valence-electron chi connectivity index (χ0n) is 42.0. The number of hydrogen-bond acceptors (Lipinski definition) is 5. The van der Waals surface area contributed by atoms with Gasteiger partial charge in [-0.1, -0.05) is 155 Å². The number of hydrogen-bond donors (Lipinski definition) is 2. The van der Waals surface area contributed by atoms with Gasteiger partial charge in [0.05, 0.1) is 47.1 Å². The van der Waals surface area contributed by atoms with Crippen LogP contribution in [0.1, 0.15) is 171 Å². The van der Waals surface area contributed by atoms with Crippen LogP contribution in [0.15, 0.2) is 73.1 Å². The van der Waals surface area contributed by atoms with Crippen molar-refractivity contribution in [1.29, 1.82) is 0 Å². The first-order valence-corrected chi connectivity index (χ1v) is 29.8. The number of aromatic nitrogens is 5. The van der Waals surface area contributed by atoms with Gasteiger partial charge in [-0.25, -0.2) is 9.97 Å². The Morgan fingerprint density at radius 3 is 1.59 bits per heavy atom. The van der Waals surface area contributed by atoms with Gasteiger partial charge in [-0.15, -0.1) is 5.54 Å². The maximum atomic E-state index is 6.61. The normalized spacial score (nSPS) is 12.1. The number of rotatable bonds is 26. The molecular weight excluding hydrogens is 851 g/mol. The summed E-state index contributed by atoms with van der Waals surface area (Å²) >= 11 is 0. The van der Waals surface area contributed by atoms with E-state index < -0.39 is 8.07 Å². The molecular formula is C60H77N5O2Si. The van der Waals surface area contributed by atoms with E-state index in [2.05, 4.69) is 133 Å². The van der Waals surface area contributed by atoms with E-state index in [1.165, 1.54) is 116 Å². The van der Waals surface area contributed by atoms with E-state index >= 15 is 0 Å². The van der Waals surface area contributed by atoms with Crippen LogP contribution in [0.25, 0.3) is 68.6 Å². The van der Waals surface area contributed by atoms with Crippen molar-refractivity contribution in [2.45, 2.75) is 162 Å². The maximum absolute atomic E-state index is 6.61. The number of aromatic amines is 2. The lowest BCUT2D eigenvalue weighted by molar-refractivity contribution is 0.290. The molecule has 7 rings (SSSR count). The Morgan fingerprint density at radius 1 is 0.485 bits per heavy atom. The molecule has 5 aromatic rings. The van der Waals surface area contributed by atoms with Crippen LogP contribution in [0.3, 0.4) is 0 Å². The third-order valence-electron chi connectivity index (χ3n) is 12.8. The largest absolute Gasteiger partial charge is 0.493 e. The van der Waals surface area contributed by atoms with E-state index in [1.54, 1.807) is 0 Å². The Morgan fingerprint density at radius 2 is 0.985 bits per heavy atom. The van der Waals surface area contributed by atoms with Crippen molar-refractivity contribution >= 4 is 54.4 Å². The maximum Gasteiger partial charge on any atom is 0.129 e. The van der Waals surface area contributed by atoms with Crippen LogP contribution in [0.2, 0.25) is 19.6 Å². The first-order chi connectivity index (χ1) is 33.3. The van der Waals surface area contributed by atoms with E-state index in [1.807, 2.05) is 24.5 Å². The summed E-state index contributed by atoms with van der Waals surface area (Å²) in [7, 11) is -1.77. The van der Waals surface area contributed by atoms with Crippen molar-refractivity contribution in [2.24, 2.45) is 0 Å². The zero-order chi connectivity index (χ0) is 47.4. The van der Waals surface area contributed by atoms with Crippen LogP contribution in [-0.4, -0.2) is 46.2 Å². The minimum absolute atomic E-state index is 0.675. The molecule has 358 valence electrons. The average molecular weight is 928 g/mol. The summed E-state index contributed by atoms with van der Waals surface area (Å²) in [6.45, 7) is 12.8. The van der Waals surface area contributed by atoms with Crippen molar-refractivity contribution in [3.8, 4) is 45.2 Å². The molecule has 0 radical (unpaired) electrons. The van der Waals surface area contributed by atoms with Crippen molar-refractivity contribution < 1.29 is 9.47 Å². The second-order valence-electron chi connectivity index (χ2n) is 19.8. The van der Waals surface area contributed by atoms with Crippen LogP contribution in [0, 0.1) is 11.5 Å². The van der Waals surface area contributed by atoms with E-state index in [4.69, 9.17) is 19.4 Å². The summed E-state index contributed by atoms with van der Waals surface area (Å²) in [4.78, 5) is 22.4. The van der Waals surface area contributed by atoms with Gasteiger partial charge in [-0.05, 0) is 103 Å². The predicted molar refractivity (Wildman–Crippen MR) is 292 cm³/mol. The first-order valence-electron chi connectivity index (χ1n) is 26.3. The molecule has 0 spiro atoms. The smallest absolute Gasteiger partial charge is 0.129 e. The van der Waals surface area contributed by atoms with Crippen molar-refractivity contribution in [3.05, 3.63) is 101 Å². The molecule has 0 saturated carbocycles. The molecule has 2 aliphatic rings. The molecule has 0 saturated heterocycles. The highest BCUT2D eigenvalue weighted by atomic mass is 28.3. The quantitative estimate of drug-likeness (QED) is 0.0321. The summed E-state index contributed by atoms with van der Waals surface area (Å²) in [5.74, 6) is 5.27. The molecule has 8 bridgehead atoms. The molecule has 0 atom stereocenters. The fraction of sp³-hybridized carbons (Fsp3) is 0.450. The second kappa shape index (κ2) is 26.2. The topological polar surface area (TPSA) is 88.7 Å². The van der Waals surface area contributed by atoms with Gasteiger partial charge < -0.3 is 19.4 Å². The third kappa shape index (κ3) is 15.2. The number of benzene rings is 1. The number of pyridine rings is 1. The Kier molecular flexibility index (Phi) is 19.4. The summed E-state index contributed by atoms with van der Waals surface area (Å²) < 4.78 is 13.2. The number of H-pyrrole nitrogens is 2. The highest BCUT2D eigenvalue weighted by Crippen LogP contribution is 2.37. The molecule has 2 aliphatic heterocycles. The van der Waals surface area contributed by atoms with Gasteiger partial charge in [0, 0.05) is 46.1 Å². The first kappa shape index (κ1) is 50.2. The van der Waals surface area contributed by atoms with Crippen molar-refractivity contribution in [2.75, 3.05) is 13.2 Å². The fourth-order valence-corrected chi connectivity index (χ4v) is 9.59. The average Bonchev–Trinajstić information content (AvgIpc) is 4.18. The van der Waals surface area contributed by atoms with Gasteiger partial charge in [-0.3, -0.25) is 4.98 Å². The standard InChI is InChI=1S/C60H77N5O2Si/c1-6-8-10-12-14-16-18-20-22-24-39-66-50-42-47(43-51(45-50)67-40-25-23-21-19-17-15-13-11-9-7-2)60-56-29-27-49(63-56)44-48-26-28-55(62-48)59(46-34-37-61-38-35-46)57-32-30-53(64-57)52(36-41-68(3,4)5)54-31-33-58(60)65-54/h26-35,37-38,42-45,62,65H,6-25,39-40H2,1-5H3. The number of fused-ring (bicyclic) bond motifs is 8. The Labute approximate surface area is 408 Å². The molecule has 8 heteroatoms. The van der Waals surface area contributed by atoms with Crippen LogP contribution < -0.4 is 9.47 Å². The van der Waals surface area contributed by atoms with Crippen LogP contribution in [0.4, 0.5) is 0 Å². The molecule has 4 aromatic heterocycles. The van der Waals surface area contributed by atoms with Gasteiger partial charge in [0.1, 0.15) is 19.6 Å². The lowest BCUT2D eigenvalue weighted by Gasteiger charge is -2.14. The summed E-state index contributed by atoms with van der Waals surface area (Å²) in [6, 6.07) is 21.1. The molecule has 0 aliphatic carbocycles. The van der Waals surface area contributed by atoms with Gasteiger partial charge in [-0.2, -0.15) is 0 Å². The summed E-state index contributed by atoms with van der Waals surface area (Å²) in [6.07, 6.45) is 37.9.